The molecule has 0 spiro atoms. The number of carbonyl (C=O) groups excluding carboxylic acids is 2. The molecule has 0 aliphatic rings. The molecule has 1 aromatic rings. The number of alkyl carbamates (subject to hydrolysis) is 1. The molecule has 0 aromatic carbocycles. The predicted molar refractivity (Wildman–Crippen MR) is 84.4 cm³/mol. The van der Waals surface area contributed by atoms with Crippen molar-refractivity contribution in [3.8, 4) is 0 Å². The van der Waals surface area contributed by atoms with Gasteiger partial charge in [0.1, 0.15) is 11.6 Å². The van der Waals surface area contributed by atoms with Gasteiger partial charge in [0.15, 0.2) is 0 Å². The Kier molecular flexibility index (Phi) is 6.82. The molecule has 122 valence electrons. The van der Waals surface area contributed by atoms with Gasteiger partial charge in [-0.3, -0.25) is 9.78 Å². The van der Waals surface area contributed by atoms with Gasteiger partial charge in [-0.2, -0.15) is 0 Å². The van der Waals surface area contributed by atoms with Gasteiger partial charge in [0.05, 0.1) is 0 Å². The number of pyridine rings is 1. The van der Waals surface area contributed by atoms with E-state index in [0.717, 1.165) is 18.4 Å². The lowest BCUT2D eigenvalue weighted by Crippen LogP contribution is -2.47. The van der Waals surface area contributed by atoms with E-state index >= 15 is 0 Å². The first-order chi connectivity index (χ1) is 10.3. The Morgan fingerprint density at radius 1 is 1.27 bits per heavy atom. The van der Waals surface area contributed by atoms with E-state index in [1.807, 2.05) is 12.1 Å². The number of aryl methyl sites for hydroxylation is 1. The maximum absolute atomic E-state index is 11.9. The molecule has 1 aromatic heterocycles. The van der Waals surface area contributed by atoms with Gasteiger partial charge in [0.2, 0.25) is 5.91 Å². The average Bonchev–Trinajstić information content (AvgIpc) is 2.44. The van der Waals surface area contributed by atoms with Crippen molar-refractivity contribution in [2.24, 2.45) is 0 Å². The Hall–Kier alpha value is -2.11. The second-order valence-electron chi connectivity index (χ2n) is 6.06. The van der Waals surface area contributed by atoms with Gasteiger partial charge in [-0.05, 0) is 57.7 Å². The second-order valence-corrected chi connectivity index (χ2v) is 6.06. The van der Waals surface area contributed by atoms with Gasteiger partial charge in [-0.1, -0.05) is 0 Å². The summed E-state index contributed by atoms with van der Waals surface area (Å²) in [6, 6.07) is 3.29. The van der Waals surface area contributed by atoms with Crippen LogP contribution in [0.5, 0.6) is 0 Å². The van der Waals surface area contributed by atoms with E-state index in [2.05, 4.69) is 15.6 Å². The summed E-state index contributed by atoms with van der Waals surface area (Å²) in [6.07, 6.45) is 5.05. The fourth-order valence-corrected chi connectivity index (χ4v) is 1.95. The first-order valence-electron chi connectivity index (χ1n) is 7.42. The topological polar surface area (TPSA) is 80.3 Å². The van der Waals surface area contributed by atoms with Crippen LogP contribution in [0.25, 0.3) is 0 Å². The Balaban J connectivity index is 2.50. The van der Waals surface area contributed by atoms with Gasteiger partial charge in [0.25, 0.3) is 0 Å². The Bertz CT molecular complexity index is 483. The van der Waals surface area contributed by atoms with Gasteiger partial charge >= 0.3 is 6.09 Å². The quantitative estimate of drug-likeness (QED) is 0.843. The third kappa shape index (κ3) is 7.06. The summed E-state index contributed by atoms with van der Waals surface area (Å²) in [7, 11) is 1.55. The first kappa shape index (κ1) is 17.9. The molecule has 0 saturated heterocycles. The molecule has 2 amide bonds. The van der Waals surface area contributed by atoms with E-state index in [1.165, 1.54) is 0 Å². The zero-order valence-electron chi connectivity index (χ0n) is 13.7. The van der Waals surface area contributed by atoms with Crippen LogP contribution in [0.3, 0.4) is 0 Å². The molecule has 0 aliphatic carbocycles. The molecule has 1 unspecified atom stereocenters. The first-order valence-corrected chi connectivity index (χ1v) is 7.42. The maximum Gasteiger partial charge on any atom is 0.408 e. The van der Waals surface area contributed by atoms with Gasteiger partial charge in [-0.25, -0.2) is 4.79 Å². The average molecular weight is 307 g/mol. The largest absolute Gasteiger partial charge is 0.444 e. The van der Waals surface area contributed by atoms with Crippen molar-refractivity contribution in [1.82, 2.24) is 15.6 Å². The fourth-order valence-electron chi connectivity index (χ4n) is 1.95. The van der Waals surface area contributed by atoms with Crippen molar-refractivity contribution in [2.75, 3.05) is 7.05 Å². The minimum Gasteiger partial charge on any atom is -0.444 e. The van der Waals surface area contributed by atoms with Crippen molar-refractivity contribution < 1.29 is 14.3 Å². The molecule has 1 rings (SSSR count). The fraction of sp³-hybridized carbons (Fsp3) is 0.562. The summed E-state index contributed by atoms with van der Waals surface area (Å²) in [5.41, 5.74) is 0.567. The minimum absolute atomic E-state index is 0.222. The summed E-state index contributed by atoms with van der Waals surface area (Å²) in [5, 5.41) is 5.19. The lowest BCUT2D eigenvalue weighted by Gasteiger charge is -2.23. The molecule has 0 aliphatic heterocycles. The molecule has 1 atom stereocenters. The molecular formula is C16H25N3O3. The monoisotopic (exact) mass is 307 g/mol. The highest BCUT2D eigenvalue weighted by atomic mass is 16.6. The molecular weight excluding hydrogens is 282 g/mol. The van der Waals surface area contributed by atoms with Crippen LogP contribution < -0.4 is 10.6 Å². The van der Waals surface area contributed by atoms with Crippen LogP contribution in [0.2, 0.25) is 0 Å². The summed E-state index contributed by atoms with van der Waals surface area (Å²) in [4.78, 5) is 27.6. The van der Waals surface area contributed by atoms with E-state index in [4.69, 9.17) is 4.74 Å². The van der Waals surface area contributed by atoms with Crippen LogP contribution in [0.15, 0.2) is 24.5 Å². The number of ether oxygens (including phenoxy) is 1. The molecule has 0 bridgehead atoms. The van der Waals surface area contributed by atoms with Crippen LogP contribution in [-0.2, 0) is 16.0 Å². The van der Waals surface area contributed by atoms with E-state index in [1.54, 1.807) is 40.2 Å². The number of hydrogen-bond donors (Lipinski definition) is 2. The van der Waals surface area contributed by atoms with Gasteiger partial charge in [0, 0.05) is 19.4 Å². The molecule has 0 radical (unpaired) electrons. The number of carbonyl (C=O) groups is 2. The summed E-state index contributed by atoms with van der Waals surface area (Å²) < 4.78 is 5.19. The molecule has 22 heavy (non-hydrogen) atoms. The van der Waals surface area contributed by atoms with Crippen LogP contribution in [0, 0.1) is 0 Å². The van der Waals surface area contributed by atoms with Crippen LogP contribution in [0.4, 0.5) is 4.79 Å². The Labute approximate surface area is 131 Å². The van der Waals surface area contributed by atoms with Crippen molar-refractivity contribution in [2.45, 2.75) is 51.7 Å². The summed E-state index contributed by atoms with van der Waals surface area (Å²) in [5.74, 6) is -0.222. The highest BCUT2D eigenvalue weighted by Gasteiger charge is 2.23. The molecule has 1 heterocycles. The normalized spacial score (nSPS) is 12.4. The minimum atomic E-state index is -0.596. The van der Waals surface area contributed by atoms with Crippen LogP contribution in [-0.4, -0.2) is 35.7 Å². The second kappa shape index (κ2) is 8.36. The number of aromatic nitrogens is 1. The molecule has 6 nitrogen and oxygen atoms in total. The predicted octanol–water partition coefficient (Wildman–Crippen LogP) is 2.04. The van der Waals surface area contributed by atoms with E-state index in [0.29, 0.717) is 6.42 Å². The smallest absolute Gasteiger partial charge is 0.408 e. The van der Waals surface area contributed by atoms with Crippen molar-refractivity contribution in [3.63, 3.8) is 0 Å². The van der Waals surface area contributed by atoms with Crippen molar-refractivity contribution in [3.05, 3.63) is 30.1 Å². The number of rotatable bonds is 6. The van der Waals surface area contributed by atoms with Crippen LogP contribution >= 0.6 is 0 Å². The summed E-state index contributed by atoms with van der Waals surface area (Å²) >= 11 is 0. The third-order valence-electron chi connectivity index (χ3n) is 2.96. The Morgan fingerprint density at radius 2 is 1.91 bits per heavy atom. The van der Waals surface area contributed by atoms with E-state index in [-0.39, 0.29) is 5.91 Å². The molecule has 0 fully saturated rings. The number of nitrogens with zero attached hydrogens (tertiary/aromatic N) is 1. The van der Waals surface area contributed by atoms with E-state index < -0.39 is 17.7 Å². The highest BCUT2D eigenvalue weighted by molar-refractivity contribution is 5.85. The third-order valence-corrected chi connectivity index (χ3v) is 2.96. The molecule has 0 saturated carbocycles. The number of amides is 2. The lowest BCUT2D eigenvalue weighted by atomic mass is 10.1. The van der Waals surface area contributed by atoms with Crippen molar-refractivity contribution >= 4 is 12.0 Å². The molecule has 6 heteroatoms. The standard InChI is InChI=1S/C16H25N3O3/c1-16(2,3)22-15(21)19-13(14(20)17-4)7-5-6-12-8-10-18-11-9-12/h8-11,13H,5-7H2,1-4H3,(H,17,20)(H,19,21). The van der Waals surface area contributed by atoms with E-state index in [9.17, 15) is 9.59 Å². The SMILES string of the molecule is CNC(=O)C(CCCc1ccncc1)NC(=O)OC(C)(C)C. The van der Waals surface area contributed by atoms with Gasteiger partial charge in [-0.15, -0.1) is 0 Å². The highest BCUT2D eigenvalue weighted by Crippen LogP contribution is 2.09. The lowest BCUT2D eigenvalue weighted by molar-refractivity contribution is -0.122. The number of hydrogen-bond acceptors (Lipinski definition) is 4. The number of likely N-dealkylation sites (N-methyl/N-ethyl adjacent to an activating group) is 1. The summed E-state index contributed by atoms with van der Waals surface area (Å²) in [6.45, 7) is 5.35. The van der Waals surface area contributed by atoms with Crippen LogP contribution in [0.1, 0.15) is 39.2 Å². The number of nitrogens with one attached hydrogen (secondary N) is 2. The van der Waals surface area contributed by atoms with Gasteiger partial charge < -0.3 is 15.4 Å². The zero-order valence-corrected chi connectivity index (χ0v) is 13.7. The molecule has 2 N–H and O–H groups in total. The van der Waals surface area contributed by atoms with Crippen molar-refractivity contribution in [1.29, 1.82) is 0 Å². The maximum atomic E-state index is 11.9. The zero-order chi connectivity index (χ0) is 16.6. The Morgan fingerprint density at radius 3 is 2.45 bits per heavy atom.